The van der Waals surface area contributed by atoms with Gasteiger partial charge in [-0.3, -0.25) is 0 Å². The second-order valence-electron chi connectivity index (χ2n) is 5.04. The lowest BCUT2D eigenvalue weighted by Crippen LogP contribution is -2.24. The zero-order chi connectivity index (χ0) is 14.3. The van der Waals surface area contributed by atoms with Crippen LogP contribution in [0, 0.1) is 0 Å². The van der Waals surface area contributed by atoms with E-state index in [1.54, 1.807) is 0 Å². The molecular weight excluding hydrogens is 240 g/mol. The Bertz CT molecular complexity index is 405. The summed E-state index contributed by atoms with van der Waals surface area (Å²) < 4.78 is 4.81. The summed E-state index contributed by atoms with van der Waals surface area (Å²) in [6.45, 7) is 2.84. The molecule has 0 saturated heterocycles. The van der Waals surface area contributed by atoms with Crippen molar-refractivity contribution in [1.29, 1.82) is 0 Å². The number of benzene rings is 1. The summed E-state index contributed by atoms with van der Waals surface area (Å²) in [4.78, 5) is 16.1. The molecule has 0 aromatic heterocycles. The average Bonchev–Trinajstić information content (AvgIpc) is 2.38. The standard InChI is InChI=1S/C15H24N2O2/c1-16(2)10-7-11-17(3)12-13-8-5-6-9-14(13)15(18)19-4/h5-6,8-9H,7,10-12H2,1-4H3. The fourth-order valence-electron chi connectivity index (χ4n) is 1.99. The topological polar surface area (TPSA) is 32.8 Å². The highest BCUT2D eigenvalue weighted by atomic mass is 16.5. The van der Waals surface area contributed by atoms with Crippen molar-refractivity contribution >= 4 is 5.97 Å². The molecule has 0 aliphatic rings. The normalized spacial score (nSPS) is 11.1. The molecule has 0 N–H and O–H groups in total. The molecule has 106 valence electrons. The first kappa shape index (κ1) is 15.7. The highest BCUT2D eigenvalue weighted by Crippen LogP contribution is 2.12. The molecule has 0 amide bonds. The second-order valence-corrected chi connectivity index (χ2v) is 5.04. The number of methoxy groups -OCH3 is 1. The van der Waals surface area contributed by atoms with Gasteiger partial charge >= 0.3 is 5.97 Å². The molecule has 0 heterocycles. The van der Waals surface area contributed by atoms with Crippen molar-refractivity contribution in [3.05, 3.63) is 35.4 Å². The van der Waals surface area contributed by atoms with Gasteiger partial charge in [-0.25, -0.2) is 4.79 Å². The summed E-state index contributed by atoms with van der Waals surface area (Å²) >= 11 is 0. The third kappa shape index (κ3) is 5.41. The van der Waals surface area contributed by atoms with Crippen molar-refractivity contribution in [2.45, 2.75) is 13.0 Å². The monoisotopic (exact) mass is 264 g/mol. The number of ether oxygens (including phenoxy) is 1. The Balaban J connectivity index is 2.58. The van der Waals surface area contributed by atoms with Gasteiger partial charge in [0.2, 0.25) is 0 Å². The molecule has 1 aromatic rings. The summed E-state index contributed by atoms with van der Waals surface area (Å²) in [6, 6.07) is 7.61. The zero-order valence-electron chi connectivity index (χ0n) is 12.3. The van der Waals surface area contributed by atoms with E-state index in [0.717, 1.165) is 31.6 Å². The van der Waals surface area contributed by atoms with Gasteiger partial charge in [0.15, 0.2) is 0 Å². The van der Waals surface area contributed by atoms with Gasteiger partial charge in [0.05, 0.1) is 12.7 Å². The number of hydrogen-bond acceptors (Lipinski definition) is 4. The van der Waals surface area contributed by atoms with E-state index in [2.05, 4.69) is 30.9 Å². The van der Waals surface area contributed by atoms with Crippen LogP contribution >= 0.6 is 0 Å². The first-order valence-corrected chi connectivity index (χ1v) is 6.54. The van der Waals surface area contributed by atoms with Crippen LogP contribution in [0.3, 0.4) is 0 Å². The third-order valence-electron chi connectivity index (χ3n) is 3.01. The molecular formula is C15H24N2O2. The lowest BCUT2D eigenvalue weighted by molar-refractivity contribution is 0.0598. The summed E-state index contributed by atoms with van der Waals surface area (Å²) in [5, 5.41) is 0. The Morgan fingerprint density at radius 2 is 1.84 bits per heavy atom. The Labute approximate surface area is 116 Å². The van der Waals surface area contributed by atoms with E-state index >= 15 is 0 Å². The minimum atomic E-state index is -0.266. The van der Waals surface area contributed by atoms with Gasteiger partial charge in [-0.1, -0.05) is 18.2 Å². The van der Waals surface area contributed by atoms with Crippen LogP contribution in [0.25, 0.3) is 0 Å². The number of carbonyl (C=O) groups is 1. The van der Waals surface area contributed by atoms with E-state index in [4.69, 9.17) is 4.74 Å². The largest absolute Gasteiger partial charge is 0.465 e. The summed E-state index contributed by atoms with van der Waals surface area (Å²) in [5.41, 5.74) is 1.67. The fourth-order valence-corrected chi connectivity index (χ4v) is 1.99. The lowest BCUT2D eigenvalue weighted by atomic mass is 10.1. The van der Waals surface area contributed by atoms with E-state index in [9.17, 15) is 4.79 Å². The van der Waals surface area contributed by atoms with Crippen molar-refractivity contribution in [3.8, 4) is 0 Å². The zero-order valence-corrected chi connectivity index (χ0v) is 12.3. The molecule has 0 atom stereocenters. The van der Waals surface area contributed by atoms with E-state index < -0.39 is 0 Å². The third-order valence-corrected chi connectivity index (χ3v) is 3.01. The molecule has 0 unspecified atom stereocenters. The molecule has 4 heteroatoms. The molecule has 1 rings (SSSR count). The van der Waals surface area contributed by atoms with Crippen LogP contribution in [-0.2, 0) is 11.3 Å². The van der Waals surface area contributed by atoms with Crippen molar-refractivity contribution < 1.29 is 9.53 Å². The molecule has 19 heavy (non-hydrogen) atoms. The maximum atomic E-state index is 11.7. The van der Waals surface area contributed by atoms with Gasteiger partial charge in [0.1, 0.15) is 0 Å². The van der Waals surface area contributed by atoms with E-state index in [1.165, 1.54) is 7.11 Å². The molecule has 0 radical (unpaired) electrons. The minimum absolute atomic E-state index is 0.266. The van der Waals surface area contributed by atoms with Gasteiger partial charge in [-0.2, -0.15) is 0 Å². The number of hydrogen-bond donors (Lipinski definition) is 0. The molecule has 0 fully saturated rings. The van der Waals surface area contributed by atoms with Crippen LogP contribution in [-0.4, -0.2) is 57.1 Å². The Kier molecular flexibility index (Phi) is 6.53. The van der Waals surface area contributed by atoms with E-state index in [0.29, 0.717) is 5.56 Å². The van der Waals surface area contributed by atoms with Crippen LogP contribution in [0.4, 0.5) is 0 Å². The maximum Gasteiger partial charge on any atom is 0.338 e. The molecule has 0 aliphatic heterocycles. The lowest BCUT2D eigenvalue weighted by Gasteiger charge is -2.19. The quantitative estimate of drug-likeness (QED) is 0.704. The van der Waals surface area contributed by atoms with E-state index in [1.807, 2.05) is 24.3 Å². The number of carbonyl (C=O) groups excluding carboxylic acids is 1. The first-order valence-electron chi connectivity index (χ1n) is 6.54. The predicted molar refractivity (Wildman–Crippen MR) is 77.3 cm³/mol. The van der Waals surface area contributed by atoms with Gasteiger partial charge in [0.25, 0.3) is 0 Å². The van der Waals surface area contributed by atoms with Gasteiger partial charge < -0.3 is 14.5 Å². The van der Waals surface area contributed by atoms with Crippen molar-refractivity contribution in [2.24, 2.45) is 0 Å². The molecule has 4 nitrogen and oxygen atoms in total. The van der Waals surface area contributed by atoms with Gasteiger partial charge in [-0.05, 0) is 52.3 Å². The molecule has 1 aromatic carbocycles. The van der Waals surface area contributed by atoms with Crippen LogP contribution < -0.4 is 0 Å². The van der Waals surface area contributed by atoms with Crippen LogP contribution in [0.1, 0.15) is 22.3 Å². The minimum Gasteiger partial charge on any atom is -0.465 e. The number of nitrogens with zero attached hydrogens (tertiary/aromatic N) is 2. The number of esters is 1. The van der Waals surface area contributed by atoms with Crippen molar-refractivity contribution in [3.63, 3.8) is 0 Å². The van der Waals surface area contributed by atoms with Crippen LogP contribution in [0.5, 0.6) is 0 Å². The Hall–Kier alpha value is -1.39. The Morgan fingerprint density at radius 3 is 2.47 bits per heavy atom. The average molecular weight is 264 g/mol. The van der Waals surface area contributed by atoms with Gasteiger partial charge in [0, 0.05) is 6.54 Å². The van der Waals surface area contributed by atoms with Gasteiger partial charge in [-0.15, -0.1) is 0 Å². The molecule has 0 aliphatic carbocycles. The predicted octanol–water partition coefficient (Wildman–Crippen LogP) is 1.86. The maximum absolute atomic E-state index is 11.7. The summed E-state index contributed by atoms with van der Waals surface area (Å²) in [7, 11) is 7.64. The number of rotatable bonds is 7. The fraction of sp³-hybridized carbons (Fsp3) is 0.533. The molecule has 0 bridgehead atoms. The van der Waals surface area contributed by atoms with Crippen molar-refractivity contribution in [2.75, 3.05) is 41.3 Å². The second kappa shape index (κ2) is 7.92. The highest BCUT2D eigenvalue weighted by molar-refractivity contribution is 5.90. The SMILES string of the molecule is COC(=O)c1ccccc1CN(C)CCCN(C)C. The first-order chi connectivity index (χ1) is 9.04. The van der Waals surface area contributed by atoms with Crippen LogP contribution in [0.2, 0.25) is 0 Å². The summed E-state index contributed by atoms with van der Waals surface area (Å²) in [6.07, 6.45) is 1.11. The Morgan fingerprint density at radius 1 is 1.16 bits per heavy atom. The van der Waals surface area contributed by atoms with E-state index in [-0.39, 0.29) is 5.97 Å². The summed E-state index contributed by atoms with van der Waals surface area (Å²) in [5.74, 6) is -0.266. The molecule has 0 spiro atoms. The smallest absolute Gasteiger partial charge is 0.338 e. The molecule has 0 saturated carbocycles. The van der Waals surface area contributed by atoms with Crippen LogP contribution in [0.15, 0.2) is 24.3 Å². The van der Waals surface area contributed by atoms with Crippen molar-refractivity contribution in [1.82, 2.24) is 9.80 Å². The highest BCUT2D eigenvalue weighted by Gasteiger charge is 2.12.